The molecule has 0 fully saturated rings. The molecule has 1 aliphatic rings. The number of aryl methyl sites for hydroxylation is 1. The van der Waals surface area contributed by atoms with Gasteiger partial charge in [0.15, 0.2) is 40.3 Å². The Hall–Kier alpha value is -6.70. The normalized spacial score (nSPS) is 14.7. The van der Waals surface area contributed by atoms with Gasteiger partial charge in [-0.2, -0.15) is 0 Å². The van der Waals surface area contributed by atoms with E-state index in [4.69, 9.17) is 18.6 Å². The van der Waals surface area contributed by atoms with E-state index < -0.39 is 41.2 Å². The van der Waals surface area contributed by atoms with Gasteiger partial charge in [0.05, 0.1) is 12.7 Å². The number of esters is 1. The largest absolute Gasteiger partial charge is 0.508 e. The fraction of sp³-hybridized carbons (Fsp3) is 0.211. The molecule has 14 nitrogen and oxygen atoms in total. The molecule has 4 aromatic carbocycles. The van der Waals surface area contributed by atoms with E-state index in [0.717, 1.165) is 29.3 Å². The Labute approximate surface area is 295 Å². The van der Waals surface area contributed by atoms with Gasteiger partial charge in [-0.1, -0.05) is 17.7 Å². The summed E-state index contributed by atoms with van der Waals surface area (Å²) in [6.07, 6.45) is 0.479. The number of rotatable bonds is 6. The Morgan fingerprint density at radius 3 is 2.17 bits per heavy atom. The van der Waals surface area contributed by atoms with E-state index in [-0.39, 0.29) is 57.1 Å². The quantitative estimate of drug-likeness (QED) is 0.0585. The Bertz CT molecular complexity index is 2240. The highest BCUT2D eigenvalue weighted by Gasteiger charge is 2.37. The molecule has 272 valence electrons. The Kier molecular flexibility index (Phi) is 10.3. The van der Waals surface area contributed by atoms with E-state index in [1.165, 1.54) is 43.5 Å². The number of carbonyl (C=O) groups excluding carboxylic acids is 1. The van der Waals surface area contributed by atoms with E-state index in [2.05, 4.69) is 0 Å². The average molecular weight is 717 g/mol. The first-order valence-electron chi connectivity index (χ1n) is 15.7. The molecule has 2 unspecified atom stereocenters. The first kappa shape index (κ1) is 36.6. The summed E-state index contributed by atoms with van der Waals surface area (Å²) in [6.45, 7) is 5.70. The second kappa shape index (κ2) is 14.6. The standard InChI is InChI=1S/C22H18O10.C16H18O4/c23-11-6-14(25)12-8-19(32-22(30)10-4-16(27)20(29)17(28)5-10)21(31-18(12)7-11)9-1-2-13(24)15(26)3-9;1-9(2)5-6-11-14(19-4)8-13(18)15-12(17)7-10(3)20-16(11)15/h1-7,19,21,23-29H,8H2;5,7-8,18H,6H2,1-4H3. The van der Waals surface area contributed by atoms with Crippen LogP contribution < -0.4 is 14.9 Å². The van der Waals surface area contributed by atoms with Gasteiger partial charge in [-0.15, -0.1) is 0 Å². The van der Waals surface area contributed by atoms with Gasteiger partial charge in [-0.3, -0.25) is 4.79 Å². The van der Waals surface area contributed by atoms with Gasteiger partial charge in [-0.25, -0.2) is 4.79 Å². The van der Waals surface area contributed by atoms with E-state index >= 15 is 0 Å². The first-order valence-corrected chi connectivity index (χ1v) is 15.7. The van der Waals surface area contributed by atoms with Crippen molar-refractivity contribution in [1.82, 2.24) is 0 Å². The minimum absolute atomic E-state index is 0.0461. The molecule has 52 heavy (non-hydrogen) atoms. The fourth-order valence-corrected chi connectivity index (χ4v) is 5.62. The zero-order chi connectivity index (χ0) is 38.0. The summed E-state index contributed by atoms with van der Waals surface area (Å²) in [6, 6.07) is 10.9. The summed E-state index contributed by atoms with van der Waals surface area (Å²) >= 11 is 0. The molecule has 14 heteroatoms. The van der Waals surface area contributed by atoms with Crippen molar-refractivity contribution in [2.45, 2.75) is 45.8 Å². The molecule has 0 aliphatic carbocycles. The Morgan fingerprint density at radius 1 is 0.846 bits per heavy atom. The van der Waals surface area contributed by atoms with Crippen molar-refractivity contribution in [2.75, 3.05) is 7.11 Å². The number of aromatic hydroxyl groups is 8. The van der Waals surface area contributed by atoms with E-state index in [0.29, 0.717) is 29.1 Å². The molecule has 2 atom stereocenters. The van der Waals surface area contributed by atoms with Crippen LogP contribution in [0.25, 0.3) is 11.0 Å². The number of carbonyl (C=O) groups is 1. The van der Waals surface area contributed by atoms with Crippen LogP contribution in [0, 0.1) is 6.92 Å². The summed E-state index contributed by atoms with van der Waals surface area (Å²) in [4.78, 5) is 24.7. The number of hydrogen-bond acceptors (Lipinski definition) is 14. The number of allylic oxidation sites excluding steroid dienone is 2. The van der Waals surface area contributed by atoms with Crippen LogP contribution in [0.15, 0.2) is 75.5 Å². The van der Waals surface area contributed by atoms with Crippen LogP contribution in [0.1, 0.15) is 52.8 Å². The van der Waals surface area contributed by atoms with Crippen LogP contribution in [-0.4, -0.2) is 60.0 Å². The predicted octanol–water partition coefficient (Wildman–Crippen LogP) is 5.85. The molecule has 6 rings (SSSR count). The zero-order valence-electron chi connectivity index (χ0n) is 28.4. The highest BCUT2D eigenvalue weighted by atomic mass is 16.6. The molecule has 8 N–H and O–H groups in total. The van der Waals surface area contributed by atoms with Crippen LogP contribution in [-0.2, 0) is 17.6 Å². The van der Waals surface area contributed by atoms with Crippen molar-refractivity contribution >= 4 is 16.9 Å². The lowest BCUT2D eigenvalue weighted by atomic mass is 9.93. The molecule has 0 amide bonds. The van der Waals surface area contributed by atoms with Crippen LogP contribution in [0.2, 0.25) is 0 Å². The van der Waals surface area contributed by atoms with Crippen molar-refractivity contribution in [3.63, 3.8) is 0 Å². The number of methoxy groups -OCH3 is 1. The monoisotopic (exact) mass is 716 g/mol. The van der Waals surface area contributed by atoms with Crippen LogP contribution >= 0.6 is 0 Å². The van der Waals surface area contributed by atoms with Gasteiger partial charge in [0.1, 0.15) is 51.6 Å². The van der Waals surface area contributed by atoms with Crippen LogP contribution in [0.5, 0.6) is 57.5 Å². The summed E-state index contributed by atoms with van der Waals surface area (Å²) in [5.41, 5.74) is 2.39. The number of hydrogen-bond donors (Lipinski definition) is 8. The van der Waals surface area contributed by atoms with E-state index in [1.807, 2.05) is 19.9 Å². The van der Waals surface area contributed by atoms with Gasteiger partial charge in [0, 0.05) is 47.4 Å². The van der Waals surface area contributed by atoms with Crippen LogP contribution in [0.4, 0.5) is 0 Å². The Balaban J connectivity index is 0.000000225. The van der Waals surface area contributed by atoms with Crippen molar-refractivity contribution in [3.8, 4) is 57.5 Å². The topological polar surface area (TPSA) is 237 Å². The summed E-state index contributed by atoms with van der Waals surface area (Å²) in [5, 5.41) is 78.4. The minimum atomic E-state index is -1.06. The molecule has 0 spiro atoms. The third kappa shape index (κ3) is 7.55. The lowest BCUT2D eigenvalue weighted by molar-refractivity contribution is -0.0189. The minimum Gasteiger partial charge on any atom is -0.508 e. The highest BCUT2D eigenvalue weighted by Crippen LogP contribution is 2.44. The molecule has 0 radical (unpaired) electrons. The molecular formula is C38H36O14. The molecule has 1 aromatic heterocycles. The lowest BCUT2D eigenvalue weighted by Crippen LogP contribution is -2.34. The fourth-order valence-electron chi connectivity index (χ4n) is 5.62. The van der Waals surface area contributed by atoms with Gasteiger partial charge < -0.3 is 59.5 Å². The second-order valence-electron chi connectivity index (χ2n) is 12.2. The maximum absolute atomic E-state index is 12.7. The maximum atomic E-state index is 12.7. The molecule has 0 saturated carbocycles. The van der Waals surface area contributed by atoms with E-state index in [1.54, 1.807) is 6.92 Å². The zero-order valence-corrected chi connectivity index (χ0v) is 28.4. The SMILES string of the molecule is COc1cc(O)c2c(=O)cc(C)oc2c1CC=C(C)C.O=C(OC1Cc2c(O)cc(O)cc2OC1c1ccc(O)c(O)c1)c1cc(O)c(O)c(O)c1. The molecule has 0 bridgehead atoms. The number of fused-ring (bicyclic) bond motifs is 2. The molecule has 1 aliphatic heterocycles. The summed E-state index contributed by atoms with van der Waals surface area (Å²) < 4.78 is 22.3. The summed E-state index contributed by atoms with van der Waals surface area (Å²) in [5.74, 6) is -3.53. The summed E-state index contributed by atoms with van der Waals surface area (Å²) in [7, 11) is 1.53. The number of phenols is 8. The molecular weight excluding hydrogens is 680 g/mol. The third-order valence-corrected chi connectivity index (χ3v) is 8.16. The number of benzene rings is 4. The molecule has 2 heterocycles. The molecule has 0 saturated heterocycles. The van der Waals surface area contributed by atoms with Crippen molar-refractivity contribution in [1.29, 1.82) is 0 Å². The predicted molar refractivity (Wildman–Crippen MR) is 186 cm³/mol. The van der Waals surface area contributed by atoms with Crippen molar-refractivity contribution in [3.05, 3.63) is 104 Å². The Morgan fingerprint density at radius 2 is 1.54 bits per heavy atom. The van der Waals surface area contributed by atoms with Gasteiger partial charge in [0.2, 0.25) is 0 Å². The van der Waals surface area contributed by atoms with Gasteiger partial charge in [0.25, 0.3) is 0 Å². The van der Waals surface area contributed by atoms with E-state index in [9.17, 15) is 50.4 Å². The average Bonchev–Trinajstić information content (AvgIpc) is 3.07. The van der Waals surface area contributed by atoms with Crippen molar-refractivity contribution in [2.24, 2.45) is 0 Å². The van der Waals surface area contributed by atoms with Crippen molar-refractivity contribution < 1.29 is 64.3 Å². The third-order valence-electron chi connectivity index (χ3n) is 8.16. The maximum Gasteiger partial charge on any atom is 0.338 e. The van der Waals surface area contributed by atoms with Crippen LogP contribution in [0.3, 0.4) is 0 Å². The smallest absolute Gasteiger partial charge is 0.338 e. The lowest BCUT2D eigenvalue weighted by Gasteiger charge is -2.34. The highest BCUT2D eigenvalue weighted by molar-refractivity contribution is 5.91. The number of phenolic OH excluding ortho intramolecular Hbond substituents is 8. The van der Waals surface area contributed by atoms with Gasteiger partial charge in [-0.05, 0) is 51.5 Å². The van der Waals surface area contributed by atoms with Gasteiger partial charge >= 0.3 is 5.97 Å². The number of ether oxygens (including phenoxy) is 3. The first-order chi connectivity index (χ1) is 24.6. The second-order valence-corrected chi connectivity index (χ2v) is 12.2. The molecule has 5 aromatic rings.